The number of nitrogens with two attached hydrogens (primary N) is 1. The number of hydrogen-bond acceptors (Lipinski definition) is 3. The molecule has 0 bridgehead atoms. The van der Waals surface area contributed by atoms with E-state index in [-0.39, 0.29) is 11.9 Å². The van der Waals surface area contributed by atoms with Crippen molar-refractivity contribution in [1.29, 1.82) is 0 Å². The minimum Gasteiger partial charge on any atom is -0.276 e. The van der Waals surface area contributed by atoms with Crippen LogP contribution in [0.4, 0.5) is 4.39 Å². The lowest BCUT2D eigenvalue weighted by Crippen LogP contribution is -2.29. The first-order chi connectivity index (χ1) is 8.60. The highest BCUT2D eigenvalue weighted by molar-refractivity contribution is 9.10. The maximum Gasteiger partial charge on any atom is 0.137 e. The van der Waals surface area contributed by atoms with E-state index in [9.17, 15) is 4.39 Å². The van der Waals surface area contributed by atoms with Gasteiger partial charge >= 0.3 is 0 Å². The third kappa shape index (κ3) is 2.95. The predicted molar refractivity (Wildman–Crippen MR) is 71.1 cm³/mol. The monoisotopic (exact) mass is 312 g/mol. The second kappa shape index (κ2) is 5.60. The molecule has 4 nitrogen and oxygen atoms in total. The third-order valence-corrected chi connectivity index (χ3v) is 3.39. The van der Waals surface area contributed by atoms with E-state index in [2.05, 4.69) is 26.5 Å². The number of hydrazine groups is 1. The fraction of sp³-hybridized carbons (Fsp3) is 0.250. The van der Waals surface area contributed by atoms with Crippen molar-refractivity contribution in [3.8, 4) is 0 Å². The van der Waals surface area contributed by atoms with Crippen molar-refractivity contribution in [1.82, 2.24) is 15.2 Å². The number of nitrogens with zero attached hydrogens (tertiary/aromatic N) is 2. The molecule has 2 aromatic rings. The predicted octanol–water partition coefficient (Wildman–Crippen LogP) is 2.07. The molecule has 2 rings (SSSR count). The minimum absolute atomic E-state index is 0.142. The van der Waals surface area contributed by atoms with Crippen LogP contribution in [0.15, 0.2) is 35.1 Å². The second-order valence-corrected chi connectivity index (χ2v) is 4.97. The van der Waals surface area contributed by atoms with Crippen LogP contribution in [0.2, 0.25) is 0 Å². The lowest BCUT2D eigenvalue weighted by molar-refractivity contribution is 0.543. The van der Waals surface area contributed by atoms with Gasteiger partial charge < -0.3 is 0 Å². The van der Waals surface area contributed by atoms with Gasteiger partial charge in [0.1, 0.15) is 5.82 Å². The van der Waals surface area contributed by atoms with Gasteiger partial charge in [-0.1, -0.05) is 6.07 Å². The van der Waals surface area contributed by atoms with Crippen LogP contribution < -0.4 is 11.3 Å². The molecule has 1 atom stereocenters. The fourth-order valence-corrected chi connectivity index (χ4v) is 2.06. The Morgan fingerprint density at radius 1 is 1.56 bits per heavy atom. The number of aryl methyl sites for hydroxylation is 1. The van der Waals surface area contributed by atoms with Gasteiger partial charge in [0.2, 0.25) is 0 Å². The standard InChI is InChI=1S/C12H14BrFN4/c1-18-7-8(6-16-18)4-12(17-15)9-2-3-10(13)11(14)5-9/h2-3,5-7,12,17H,4,15H2,1H3. The zero-order valence-electron chi connectivity index (χ0n) is 9.90. The Balaban J connectivity index is 2.19. The molecule has 0 aliphatic heterocycles. The highest BCUT2D eigenvalue weighted by Crippen LogP contribution is 2.22. The number of hydrogen-bond donors (Lipinski definition) is 2. The molecule has 1 aromatic carbocycles. The molecule has 6 heteroatoms. The maximum absolute atomic E-state index is 13.5. The van der Waals surface area contributed by atoms with Crippen LogP contribution >= 0.6 is 15.9 Å². The summed E-state index contributed by atoms with van der Waals surface area (Å²) in [4.78, 5) is 0. The Morgan fingerprint density at radius 2 is 2.33 bits per heavy atom. The smallest absolute Gasteiger partial charge is 0.137 e. The lowest BCUT2D eigenvalue weighted by atomic mass is 10.0. The molecule has 0 radical (unpaired) electrons. The largest absolute Gasteiger partial charge is 0.276 e. The molecule has 1 aromatic heterocycles. The zero-order chi connectivity index (χ0) is 13.1. The van der Waals surface area contributed by atoms with Crippen molar-refractivity contribution in [2.45, 2.75) is 12.5 Å². The summed E-state index contributed by atoms with van der Waals surface area (Å²) in [6, 6.07) is 4.86. The summed E-state index contributed by atoms with van der Waals surface area (Å²) >= 11 is 3.13. The summed E-state index contributed by atoms with van der Waals surface area (Å²) < 4.78 is 15.7. The minimum atomic E-state index is -0.293. The zero-order valence-corrected chi connectivity index (χ0v) is 11.5. The van der Waals surface area contributed by atoms with E-state index in [1.165, 1.54) is 6.07 Å². The number of halogens is 2. The fourth-order valence-electron chi connectivity index (χ4n) is 1.82. The molecule has 96 valence electrons. The van der Waals surface area contributed by atoms with Crippen molar-refractivity contribution >= 4 is 15.9 Å². The summed E-state index contributed by atoms with van der Waals surface area (Å²) in [6.07, 6.45) is 4.35. The van der Waals surface area contributed by atoms with Gasteiger partial charge in [-0.05, 0) is 45.6 Å². The van der Waals surface area contributed by atoms with Crippen molar-refractivity contribution < 1.29 is 4.39 Å². The highest BCUT2D eigenvalue weighted by atomic mass is 79.9. The van der Waals surface area contributed by atoms with Gasteiger partial charge in [-0.2, -0.15) is 5.10 Å². The molecular formula is C12H14BrFN4. The summed E-state index contributed by atoms with van der Waals surface area (Å²) in [5.74, 6) is 5.24. The van der Waals surface area contributed by atoms with Crippen molar-refractivity contribution in [2.24, 2.45) is 12.9 Å². The number of benzene rings is 1. The normalized spacial score (nSPS) is 12.7. The number of rotatable bonds is 4. The van der Waals surface area contributed by atoms with Crippen LogP contribution in [0.3, 0.4) is 0 Å². The quantitative estimate of drug-likeness (QED) is 0.671. The van der Waals surface area contributed by atoms with E-state index in [0.29, 0.717) is 10.9 Å². The van der Waals surface area contributed by atoms with Gasteiger partial charge in [-0.3, -0.25) is 16.0 Å². The molecule has 1 unspecified atom stereocenters. The van der Waals surface area contributed by atoms with E-state index in [1.807, 2.05) is 19.3 Å². The maximum atomic E-state index is 13.5. The van der Waals surface area contributed by atoms with Gasteiger partial charge in [0, 0.05) is 13.2 Å². The Labute approximate surface area is 113 Å². The first kappa shape index (κ1) is 13.2. The molecule has 0 saturated carbocycles. The average molecular weight is 313 g/mol. The number of aromatic nitrogens is 2. The molecule has 1 heterocycles. The second-order valence-electron chi connectivity index (χ2n) is 4.12. The van der Waals surface area contributed by atoms with Crippen molar-refractivity contribution in [2.75, 3.05) is 0 Å². The van der Waals surface area contributed by atoms with Crippen molar-refractivity contribution in [3.63, 3.8) is 0 Å². The summed E-state index contributed by atoms with van der Waals surface area (Å²) in [7, 11) is 1.85. The third-order valence-electron chi connectivity index (χ3n) is 2.75. The van der Waals surface area contributed by atoms with E-state index in [1.54, 1.807) is 16.9 Å². The van der Waals surface area contributed by atoms with E-state index in [0.717, 1.165) is 11.1 Å². The molecule has 0 aliphatic rings. The highest BCUT2D eigenvalue weighted by Gasteiger charge is 2.13. The van der Waals surface area contributed by atoms with Crippen LogP contribution in [0, 0.1) is 5.82 Å². The molecule has 18 heavy (non-hydrogen) atoms. The van der Waals surface area contributed by atoms with Crippen molar-refractivity contribution in [3.05, 3.63) is 52.0 Å². The number of nitrogens with one attached hydrogen (secondary N) is 1. The van der Waals surface area contributed by atoms with E-state index in [4.69, 9.17) is 5.84 Å². The average Bonchev–Trinajstić information content (AvgIpc) is 2.75. The first-order valence-electron chi connectivity index (χ1n) is 5.48. The molecule has 0 saturated heterocycles. The molecule has 0 amide bonds. The van der Waals surface area contributed by atoms with Gasteiger partial charge in [-0.25, -0.2) is 4.39 Å². The molecule has 0 fully saturated rings. The molecule has 0 aliphatic carbocycles. The summed E-state index contributed by atoms with van der Waals surface area (Å²) in [5, 5.41) is 4.10. The topological polar surface area (TPSA) is 55.9 Å². The SMILES string of the molecule is Cn1cc(CC(NN)c2ccc(Br)c(F)c2)cn1. The Kier molecular flexibility index (Phi) is 4.11. The van der Waals surface area contributed by atoms with Gasteiger partial charge in [0.25, 0.3) is 0 Å². The van der Waals surface area contributed by atoms with Crippen LogP contribution in [-0.2, 0) is 13.5 Å². The Morgan fingerprint density at radius 3 is 2.89 bits per heavy atom. The van der Waals surface area contributed by atoms with E-state index < -0.39 is 0 Å². The Bertz CT molecular complexity index is 541. The van der Waals surface area contributed by atoms with E-state index >= 15 is 0 Å². The molecule has 0 spiro atoms. The summed E-state index contributed by atoms with van der Waals surface area (Å²) in [5.41, 5.74) is 4.56. The van der Waals surface area contributed by atoms with Crippen LogP contribution in [0.5, 0.6) is 0 Å². The van der Waals surface area contributed by atoms with Gasteiger partial charge in [0.15, 0.2) is 0 Å². The lowest BCUT2D eigenvalue weighted by Gasteiger charge is -2.15. The van der Waals surface area contributed by atoms with Crippen LogP contribution in [0.25, 0.3) is 0 Å². The first-order valence-corrected chi connectivity index (χ1v) is 6.28. The molecule has 3 N–H and O–H groups in total. The molecular weight excluding hydrogens is 299 g/mol. The van der Waals surface area contributed by atoms with Crippen LogP contribution in [0.1, 0.15) is 17.2 Å². The van der Waals surface area contributed by atoms with Crippen LogP contribution in [-0.4, -0.2) is 9.78 Å². The Hall–Kier alpha value is -1.24. The summed E-state index contributed by atoms with van der Waals surface area (Å²) in [6.45, 7) is 0. The van der Waals surface area contributed by atoms with Gasteiger partial charge in [0.05, 0.1) is 16.7 Å². The van der Waals surface area contributed by atoms with Gasteiger partial charge in [-0.15, -0.1) is 0 Å².